The molecule has 138 valence electrons. The average Bonchev–Trinajstić information content (AvgIpc) is 3.49. The van der Waals surface area contributed by atoms with Gasteiger partial charge in [-0.3, -0.25) is 9.78 Å². The van der Waals surface area contributed by atoms with Crippen molar-refractivity contribution in [2.24, 2.45) is 5.92 Å². The zero-order valence-corrected chi connectivity index (χ0v) is 16.5. The number of pyridine rings is 1. The lowest BCUT2D eigenvalue weighted by molar-refractivity contribution is -0.122. The largest absolute Gasteiger partial charge is 0.491 e. The molecule has 1 amide bonds. The van der Waals surface area contributed by atoms with E-state index >= 15 is 0 Å². The summed E-state index contributed by atoms with van der Waals surface area (Å²) in [5.74, 6) is 1.38. The molecule has 0 spiro atoms. The molecule has 1 aromatic heterocycles. The number of ether oxygens (including phenoxy) is 1. The number of nitrogens with zero attached hydrogens (tertiary/aromatic N) is 1. The Morgan fingerprint density at radius 1 is 1.19 bits per heavy atom. The van der Waals surface area contributed by atoms with Crippen LogP contribution in [0.25, 0.3) is 10.9 Å². The van der Waals surface area contributed by atoms with E-state index in [4.69, 9.17) is 4.74 Å². The van der Waals surface area contributed by atoms with Gasteiger partial charge < -0.3 is 10.1 Å². The molecule has 1 aliphatic carbocycles. The molecule has 2 unspecified atom stereocenters. The second-order valence-electron chi connectivity index (χ2n) is 6.83. The molecule has 2 aromatic carbocycles. The number of nitrogens with one attached hydrogen (secondary N) is 1. The Morgan fingerprint density at radius 2 is 2.04 bits per heavy atom. The summed E-state index contributed by atoms with van der Waals surface area (Å²) in [6.45, 7) is 1.18. The average molecular weight is 425 g/mol. The van der Waals surface area contributed by atoms with Gasteiger partial charge >= 0.3 is 0 Å². The van der Waals surface area contributed by atoms with Crippen LogP contribution in [-0.4, -0.2) is 24.0 Å². The Balaban J connectivity index is 1.21. The minimum atomic E-state index is 0.0995. The van der Waals surface area contributed by atoms with Crippen LogP contribution in [0.5, 0.6) is 5.75 Å². The fourth-order valence-corrected chi connectivity index (χ4v) is 3.80. The maximum absolute atomic E-state index is 12.3. The highest BCUT2D eigenvalue weighted by atomic mass is 79.9. The normalized spacial score (nSPS) is 18.3. The predicted octanol–water partition coefficient (Wildman–Crippen LogP) is 4.69. The Morgan fingerprint density at radius 3 is 2.93 bits per heavy atom. The second-order valence-corrected chi connectivity index (χ2v) is 7.74. The summed E-state index contributed by atoms with van der Waals surface area (Å²) in [7, 11) is 0. The van der Waals surface area contributed by atoms with Crippen LogP contribution in [0.2, 0.25) is 0 Å². The first-order chi connectivity index (χ1) is 13.2. The molecular weight excluding hydrogens is 404 g/mol. The summed E-state index contributed by atoms with van der Waals surface area (Å²) in [5.41, 5.74) is 2.11. The molecule has 0 radical (unpaired) electrons. The molecular formula is C22H21BrN2O2. The smallest absolute Gasteiger partial charge is 0.223 e. The standard InChI is InChI=1S/C22H21BrN2O2/c23-17-8-1-6-16(13-17)18-14-19(18)22(26)25-11-4-12-27-20-9-2-5-15-7-3-10-24-21(15)20/h1-3,5-10,13,18-19H,4,11-12,14H2,(H,25,26). The number of carbonyl (C=O) groups is 1. The molecule has 5 heteroatoms. The topological polar surface area (TPSA) is 51.2 Å². The molecule has 1 aliphatic rings. The number of hydrogen-bond donors (Lipinski definition) is 1. The van der Waals surface area contributed by atoms with Crippen molar-refractivity contribution in [3.05, 3.63) is 70.8 Å². The fraction of sp³-hybridized carbons (Fsp3) is 0.273. The van der Waals surface area contributed by atoms with Crippen LogP contribution in [0.15, 0.2) is 65.3 Å². The third-order valence-electron chi connectivity index (χ3n) is 4.88. The third-order valence-corrected chi connectivity index (χ3v) is 5.37. The molecule has 0 bridgehead atoms. The van der Waals surface area contributed by atoms with Crippen molar-refractivity contribution < 1.29 is 9.53 Å². The summed E-state index contributed by atoms with van der Waals surface area (Å²) >= 11 is 3.49. The number of para-hydroxylation sites is 1. The van der Waals surface area contributed by atoms with Gasteiger partial charge in [0.25, 0.3) is 0 Å². The Kier molecular flexibility index (Phi) is 5.39. The lowest BCUT2D eigenvalue weighted by Crippen LogP contribution is -2.27. The molecule has 1 saturated carbocycles. The van der Waals surface area contributed by atoms with Gasteiger partial charge in [0.15, 0.2) is 0 Å². The first-order valence-corrected chi connectivity index (χ1v) is 10.0. The van der Waals surface area contributed by atoms with E-state index in [9.17, 15) is 4.79 Å². The molecule has 2 atom stereocenters. The fourth-order valence-electron chi connectivity index (χ4n) is 3.38. The van der Waals surface area contributed by atoms with Gasteiger partial charge in [-0.2, -0.15) is 0 Å². The number of rotatable bonds is 7. The van der Waals surface area contributed by atoms with Gasteiger partial charge in [-0.15, -0.1) is 0 Å². The highest BCUT2D eigenvalue weighted by molar-refractivity contribution is 9.10. The number of hydrogen-bond acceptors (Lipinski definition) is 3. The van der Waals surface area contributed by atoms with Crippen molar-refractivity contribution in [3.63, 3.8) is 0 Å². The van der Waals surface area contributed by atoms with Gasteiger partial charge in [-0.05, 0) is 48.6 Å². The minimum Gasteiger partial charge on any atom is -0.491 e. The molecule has 4 nitrogen and oxygen atoms in total. The SMILES string of the molecule is O=C(NCCCOc1cccc2cccnc12)C1CC1c1cccc(Br)c1. The molecule has 1 N–H and O–H groups in total. The Labute approximate surface area is 167 Å². The minimum absolute atomic E-state index is 0.0995. The van der Waals surface area contributed by atoms with Gasteiger partial charge in [0, 0.05) is 28.5 Å². The van der Waals surface area contributed by atoms with Crippen LogP contribution in [0.4, 0.5) is 0 Å². The van der Waals surface area contributed by atoms with E-state index in [0.717, 1.165) is 34.0 Å². The molecule has 3 aromatic rings. The van der Waals surface area contributed by atoms with E-state index in [1.54, 1.807) is 6.20 Å². The Hall–Kier alpha value is -2.40. The van der Waals surface area contributed by atoms with Crippen LogP contribution in [-0.2, 0) is 4.79 Å². The van der Waals surface area contributed by atoms with Crippen molar-refractivity contribution in [1.29, 1.82) is 0 Å². The Bertz CT molecular complexity index is 954. The van der Waals surface area contributed by atoms with E-state index in [0.29, 0.717) is 19.1 Å². The number of carbonyl (C=O) groups excluding carboxylic acids is 1. The third kappa shape index (κ3) is 4.30. The van der Waals surface area contributed by atoms with Crippen molar-refractivity contribution in [3.8, 4) is 5.75 Å². The maximum atomic E-state index is 12.3. The molecule has 4 rings (SSSR count). The predicted molar refractivity (Wildman–Crippen MR) is 110 cm³/mol. The number of fused-ring (bicyclic) bond motifs is 1. The molecule has 0 saturated heterocycles. The van der Waals surface area contributed by atoms with Crippen LogP contribution in [0.1, 0.15) is 24.3 Å². The number of benzene rings is 2. The first-order valence-electron chi connectivity index (χ1n) is 9.22. The monoisotopic (exact) mass is 424 g/mol. The van der Waals surface area contributed by atoms with Crippen molar-refractivity contribution in [1.82, 2.24) is 10.3 Å². The summed E-state index contributed by atoms with van der Waals surface area (Å²) in [6.07, 6.45) is 3.47. The quantitative estimate of drug-likeness (QED) is 0.559. The van der Waals surface area contributed by atoms with Crippen molar-refractivity contribution in [2.45, 2.75) is 18.8 Å². The summed E-state index contributed by atoms with van der Waals surface area (Å²) in [5, 5.41) is 4.10. The first kappa shape index (κ1) is 18.0. The van der Waals surface area contributed by atoms with Gasteiger partial charge in [-0.1, -0.05) is 46.3 Å². The lowest BCUT2D eigenvalue weighted by Gasteiger charge is -2.09. The number of aromatic nitrogens is 1. The van der Waals surface area contributed by atoms with E-state index in [2.05, 4.69) is 38.4 Å². The summed E-state index contributed by atoms with van der Waals surface area (Å²) in [6, 6.07) is 18.1. The van der Waals surface area contributed by atoms with Gasteiger partial charge in [-0.25, -0.2) is 0 Å². The molecule has 1 fully saturated rings. The second kappa shape index (κ2) is 8.09. The van der Waals surface area contributed by atoms with E-state index in [-0.39, 0.29) is 11.8 Å². The van der Waals surface area contributed by atoms with E-state index in [1.807, 2.05) is 42.5 Å². The van der Waals surface area contributed by atoms with Gasteiger partial charge in [0.2, 0.25) is 5.91 Å². The van der Waals surface area contributed by atoms with Crippen LogP contribution in [0.3, 0.4) is 0 Å². The van der Waals surface area contributed by atoms with Crippen LogP contribution in [0, 0.1) is 5.92 Å². The number of amides is 1. The molecule has 27 heavy (non-hydrogen) atoms. The zero-order chi connectivity index (χ0) is 18.6. The highest BCUT2D eigenvalue weighted by Gasteiger charge is 2.43. The van der Waals surface area contributed by atoms with E-state index in [1.165, 1.54) is 5.56 Å². The summed E-state index contributed by atoms with van der Waals surface area (Å²) in [4.78, 5) is 16.7. The lowest BCUT2D eigenvalue weighted by atomic mass is 10.1. The van der Waals surface area contributed by atoms with Gasteiger partial charge in [0.1, 0.15) is 11.3 Å². The van der Waals surface area contributed by atoms with Crippen molar-refractivity contribution >= 4 is 32.7 Å². The van der Waals surface area contributed by atoms with Gasteiger partial charge in [0.05, 0.1) is 6.61 Å². The van der Waals surface area contributed by atoms with E-state index < -0.39 is 0 Å². The van der Waals surface area contributed by atoms with Crippen molar-refractivity contribution in [2.75, 3.05) is 13.2 Å². The highest BCUT2D eigenvalue weighted by Crippen LogP contribution is 2.47. The van der Waals surface area contributed by atoms with Crippen LogP contribution >= 0.6 is 15.9 Å². The molecule has 1 heterocycles. The zero-order valence-electron chi connectivity index (χ0n) is 14.9. The number of halogens is 1. The van der Waals surface area contributed by atoms with Crippen LogP contribution < -0.4 is 10.1 Å². The molecule has 0 aliphatic heterocycles. The maximum Gasteiger partial charge on any atom is 0.223 e. The summed E-state index contributed by atoms with van der Waals surface area (Å²) < 4.78 is 6.92.